The first-order valence-corrected chi connectivity index (χ1v) is 6.91. The van der Waals surface area contributed by atoms with E-state index in [1.165, 1.54) is 11.1 Å². The van der Waals surface area contributed by atoms with Gasteiger partial charge in [-0.15, -0.1) is 0 Å². The highest BCUT2D eigenvalue weighted by Crippen LogP contribution is 2.38. The molecule has 19 heavy (non-hydrogen) atoms. The van der Waals surface area contributed by atoms with Gasteiger partial charge < -0.3 is 0 Å². The van der Waals surface area contributed by atoms with E-state index in [0.717, 1.165) is 12.8 Å². The lowest BCUT2D eigenvalue weighted by molar-refractivity contribution is 0.569. The van der Waals surface area contributed by atoms with Crippen molar-refractivity contribution in [2.24, 2.45) is 0 Å². The molecule has 97 valence electrons. The Hall–Kier alpha value is -1.82. The van der Waals surface area contributed by atoms with Crippen molar-refractivity contribution in [3.05, 3.63) is 90.9 Å². The molecule has 0 aliphatic heterocycles. The number of hydrogen-bond acceptors (Lipinski definition) is 0. The average molecular weight is 249 g/mol. The van der Waals surface area contributed by atoms with Crippen LogP contribution in [0.25, 0.3) is 0 Å². The molecule has 0 saturated carbocycles. The van der Waals surface area contributed by atoms with Gasteiger partial charge in [-0.3, -0.25) is 0 Å². The second kappa shape index (κ2) is 6.38. The Morgan fingerprint density at radius 1 is 0.895 bits per heavy atom. The largest absolute Gasteiger partial charge is 0.0870 e. The first kappa shape index (κ1) is 13.6. The van der Waals surface area contributed by atoms with Gasteiger partial charge in [0.2, 0.25) is 0 Å². The fraction of sp³-hybridized carbons (Fsp3) is 0.211. The van der Waals surface area contributed by atoms with Gasteiger partial charge in [-0.25, -0.2) is 0 Å². The van der Waals surface area contributed by atoms with Crippen LogP contribution in [0.1, 0.15) is 30.9 Å². The van der Waals surface area contributed by atoms with Crippen molar-refractivity contribution in [2.75, 3.05) is 0 Å². The number of allylic oxidation sites excluding steroid dienone is 2. The highest BCUT2D eigenvalue weighted by Gasteiger charge is 2.29. The fourth-order valence-corrected chi connectivity index (χ4v) is 2.80. The summed E-state index contributed by atoms with van der Waals surface area (Å²) in [6.07, 6.45) is 6.39. The molecule has 0 aliphatic rings. The summed E-state index contributed by atoms with van der Waals surface area (Å²) in [4.78, 5) is 0. The topological polar surface area (TPSA) is 0 Å². The third kappa shape index (κ3) is 2.78. The lowest BCUT2D eigenvalue weighted by Gasteiger charge is -2.32. The molecular formula is C19H21. The summed E-state index contributed by atoms with van der Waals surface area (Å²) in [5.41, 5.74) is 2.62. The van der Waals surface area contributed by atoms with Crippen LogP contribution in [-0.4, -0.2) is 0 Å². The second-order valence-corrected chi connectivity index (χ2v) is 4.86. The minimum atomic E-state index is -0.0565. The maximum absolute atomic E-state index is 3.92. The SMILES string of the molecule is [CH2]C=CC(CCC)(c1ccccc1)c1ccccc1. The van der Waals surface area contributed by atoms with Gasteiger partial charge in [-0.2, -0.15) is 0 Å². The molecule has 2 aromatic rings. The predicted molar refractivity (Wildman–Crippen MR) is 83.1 cm³/mol. The van der Waals surface area contributed by atoms with Crippen LogP contribution in [-0.2, 0) is 5.41 Å². The molecule has 0 amide bonds. The normalized spacial score (nSPS) is 11.9. The zero-order valence-electron chi connectivity index (χ0n) is 11.5. The zero-order valence-corrected chi connectivity index (χ0v) is 11.5. The molecule has 0 atom stereocenters. The van der Waals surface area contributed by atoms with Crippen molar-refractivity contribution in [3.63, 3.8) is 0 Å². The Morgan fingerprint density at radius 3 is 1.74 bits per heavy atom. The van der Waals surface area contributed by atoms with Crippen LogP contribution < -0.4 is 0 Å². The van der Waals surface area contributed by atoms with Crippen molar-refractivity contribution < 1.29 is 0 Å². The smallest absolute Gasteiger partial charge is 0.0381 e. The molecule has 0 saturated heterocycles. The van der Waals surface area contributed by atoms with E-state index < -0.39 is 0 Å². The van der Waals surface area contributed by atoms with Gasteiger partial charge in [0, 0.05) is 5.41 Å². The van der Waals surface area contributed by atoms with Crippen molar-refractivity contribution in [2.45, 2.75) is 25.2 Å². The Morgan fingerprint density at radius 2 is 1.37 bits per heavy atom. The minimum Gasteiger partial charge on any atom is -0.0870 e. The van der Waals surface area contributed by atoms with Gasteiger partial charge in [-0.05, 0) is 24.5 Å². The Kier molecular flexibility index (Phi) is 4.57. The maximum Gasteiger partial charge on any atom is 0.0381 e. The molecule has 1 radical (unpaired) electrons. The van der Waals surface area contributed by atoms with Crippen LogP contribution in [0.4, 0.5) is 0 Å². The van der Waals surface area contributed by atoms with E-state index in [0.29, 0.717) is 0 Å². The van der Waals surface area contributed by atoms with Gasteiger partial charge in [-0.1, -0.05) is 86.2 Å². The quantitative estimate of drug-likeness (QED) is 0.686. The Labute approximate surface area is 116 Å². The van der Waals surface area contributed by atoms with Crippen molar-refractivity contribution in [3.8, 4) is 0 Å². The predicted octanol–water partition coefficient (Wildman–Crippen LogP) is 5.16. The standard InChI is InChI=1S/C19H21/c1-3-15-19(16-4-2,17-11-7-5-8-12-17)18-13-9-6-10-14-18/h3,5-15H,1,4,16H2,2H3. The number of benzene rings is 2. The van der Waals surface area contributed by atoms with E-state index >= 15 is 0 Å². The highest BCUT2D eigenvalue weighted by molar-refractivity contribution is 5.44. The highest BCUT2D eigenvalue weighted by atomic mass is 14.3. The first-order valence-electron chi connectivity index (χ1n) is 6.91. The average Bonchev–Trinajstić information content (AvgIpc) is 2.49. The fourth-order valence-electron chi connectivity index (χ4n) is 2.80. The molecule has 2 rings (SSSR count). The summed E-state index contributed by atoms with van der Waals surface area (Å²) in [5, 5.41) is 0. The Balaban J connectivity index is 2.61. The third-order valence-electron chi connectivity index (χ3n) is 3.62. The van der Waals surface area contributed by atoms with E-state index in [-0.39, 0.29) is 5.41 Å². The molecule has 0 bridgehead atoms. The summed E-state index contributed by atoms with van der Waals surface area (Å²) in [7, 11) is 0. The summed E-state index contributed by atoms with van der Waals surface area (Å²) >= 11 is 0. The monoisotopic (exact) mass is 249 g/mol. The maximum atomic E-state index is 3.92. The van der Waals surface area contributed by atoms with Gasteiger partial charge >= 0.3 is 0 Å². The van der Waals surface area contributed by atoms with Crippen molar-refractivity contribution in [1.82, 2.24) is 0 Å². The van der Waals surface area contributed by atoms with Gasteiger partial charge in [0.25, 0.3) is 0 Å². The van der Waals surface area contributed by atoms with Crippen LogP contribution in [0.3, 0.4) is 0 Å². The van der Waals surface area contributed by atoms with Crippen LogP contribution >= 0.6 is 0 Å². The molecule has 0 aromatic heterocycles. The molecule has 0 nitrogen and oxygen atoms in total. The summed E-state index contributed by atoms with van der Waals surface area (Å²) in [6, 6.07) is 21.4. The molecule has 0 unspecified atom stereocenters. The molecule has 2 aromatic carbocycles. The van der Waals surface area contributed by atoms with Crippen molar-refractivity contribution >= 4 is 0 Å². The zero-order chi connectivity index (χ0) is 13.6. The minimum absolute atomic E-state index is 0.0565. The molecule has 0 heterocycles. The molecule has 0 fully saturated rings. The number of rotatable bonds is 5. The van der Waals surface area contributed by atoms with E-state index in [4.69, 9.17) is 0 Å². The van der Waals surface area contributed by atoms with Crippen molar-refractivity contribution in [1.29, 1.82) is 0 Å². The summed E-state index contributed by atoms with van der Waals surface area (Å²) in [5.74, 6) is 0. The molecule has 0 heteroatoms. The van der Waals surface area contributed by atoms with E-state index in [2.05, 4.69) is 80.6 Å². The van der Waals surface area contributed by atoms with E-state index in [1.807, 2.05) is 6.08 Å². The number of hydrogen-bond donors (Lipinski definition) is 0. The molecule has 0 N–H and O–H groups in total. The first-order chi connectivity index (χ1) is 9.33. The van der Waals surface area contributed by atoms with E-state index in [1.54, 1.807) is 0 Å². The van der Waals surface area contributed by atoms with Crippen LogP contribution in [0.5, 0.6) is 0 Å². The molecule has 0 aliphatic carbocycles. The molecule has 0 spiro atoms. The van der Waals surface area contributed by atoms with Gasteiger partial charge in [0.05, 0.1) is 0 Å². The van der Waals surface area contributed by atoms with Gasteiger partial charge in [0.1, 0.15) is 0 Å². The van der Waals surface area contributed by atoms with Gasteiger partial charge in [0.15, 0.2) is 0 Å². The van der Waals surface area contributed by atoms with E-state index in [9.17, 15) is 0 Å². The Bertz CT molecular complexity index is 469. The van der Waals surface area contributed by atoms with Crippen LogP contribution in [0, 0.1) is 6.92 Å². The van der Waals surface area contributed by atoms with Crippen LogP contribution in [0.15, 0.2) is 72.8 Å². The lowest BCUT2D eigenvalue weighted by atomic mass is 9.71. The lowest BCUT2D eigenvalue weighted by Crippen LogP contribution is -2.25. The summed E-state index contributed by atoms with van der Waals surface area (Å²) in [6.45, 7) is 6.16. The molecular weight excluding hydrogens is 228 g/mol. The summed E-state index contributed by atoms with van der Waals surface area (Å²) < 4.78 is 0. The van der Waals surface area contributed by atoms with Crippen LogP contribution in [0.2, 0.25) is 0 Å². The third-order valence-corrected chi connectivity index (χ3v) is 3.62. The second-order valence-electron chi connectivity index (χ2n) is 4.86.